The van der Waals surface area contributed by atoms with Gasteiger partial charge in [0, 0.05) is 18.5 Å². The summed E-state index contributed by atoms with van der Waals surface area (Å²) in [4.78, 5) is 10.9. The van der Waals surface area contributed by atoms with Gasteiger partial charge in [-0.1, -0.05) is 18.2 Å². The van der Waals surface area contributed by atoms with Crippen LogP contribution in [0.1, 0.15) is 18.4 Å². The third kappa shape index (κ3) is 4.18. The average Bonchev–Trinajstić information content (AvgIpc) is 3.12. The van der Waals surface area contributed by atoms with Crippen LogP contribution in [0.2, 0.25) is 0 Å². The lowest BCUT2D eigenvalue weighted by atomic mass is 10.2. The Morgan fingerprint density at radius 1 is 1.23 bits per heavy atom. The third-order valence-electron chi connectivity index (χ3n) is 3.85. The Balaban J connectivity index is 1.83. The molecule has 0 saturated carbocycles. The van der Waals surface area contributed by atoms with Crippen LogP contribution in [-0.4, -0.2) is 36.8 Å². The highest BCUT2D eigenvalue weighted by atomic mass is 32.2. The van der Waals surface area contributed by atoms with Crippen molar-refractivity contribution in [2.45, 2.75) is 24.0 Å². The number of rotatable bonds is 6. The molecule has 2 heterocycles. The van der Waals surface area contributed by atoms with Crippen molar-refractivity contribution in [2.75, 3.05) is 13.2 Å². The second kappa shape index (κ2) is 7.81. The number of hydrogen-bond acceptors (Lipinski definition) is 6. The molecule has 1 fully saturated rings. The molecular weight excluding hydrogens is 360 g/mol. The fourth-order valence-corrected chi connectivity index (χ4v) is 3.77. The summed E-state index contributed by atoms with van der Waals surface area (Å²) in [6.45, 7) is 1.00. The molecule has 1 aromatic heterocycles. The van der Waals surface area contributed by atoms with Gasteiger partial charge < -0.3 is 9.47 Å². The van der Waals surface area contributed by atoms with Gasteiger partial charge in [-0.2, -0.15) is 0 Å². The van der Waals surface area contributed by atoms with Gasteiger partial charge in [0.2, 0.25) is 0 Å². The van der Waals surface area contributed by atoms with Crippen molar-refractivity contribution in [1.82, 2.24) is 3.97 Å². The molecule has 138 valence electrons. The minimum absolute atomic E-state index is 0.0103. The summed E-state index contributed by atoms with van der Waals surface area (Å²) in [6.07, 6.45) is 4.12. The van der Waals surface area contributed by atoms with E-state index in [1.54, 1.807) is 18.2 Å². The first-order valence-corrected chi connectivity index (χ1v) is 9.47. The second-order valence-electron chi connectivity index (χ2n) is 5.71. The van der Waals surface area contributed by atoms with E-state index >= 15 is 0 Å². The second-order valence-corrected chi connectivity index (χ2v) is 7.56. The van der Waals surface area contributed by atoms with Crippen LogP contribution in [-0.2, 0) is 19.5 Å². The molecule has 8 nitrogen and oxygen atoms in total. The summed E-state index contributed by atoms with van der Waals surface area (Å²) in [5, 5.41) is 11.3. The van der Waals surface area contributed by atoms with E-state index in [9.17, 15) is 18.5 Å². The predicted molar refractivity (Wildman–Crippen MR) is 93.4 cm³/mol. The summed E-state index contributed by atoms with van der Waals surface area (Å²) in [7, 11) is -3.73. The lowest BCUT2D eigenvalue weighted by Crippen LogP contribution is -2.26. The minimum atomic E-state index is -3.73. The molecule has 0 unspecified atom stereocenters. The fraction of sp³-hybridized carbons (Fsp3) is 0.294. The van der Waals surface area contributed by atoms with Gasteiger partial charge >= 0.3 is 0 Å². The van der Waals surface area contributed by atoms with Crippen molar-refractivity contribution < 1.29 is 22.8 Å². The lowest BCUT2D eigenvalue weighted by Gasteiger charge is -2.21. The molecule has 0 atom stereocenters. The molecule has 3 rings (SSSR count). The molecule has 9 heteroatoms. The number of hydrogen-bond donors (Lipinski definition) is 0. The van der Waals surface area contributed by atoms with E-state index in [1.807, 2.05) is 0 Å². The van der Waals surface area contributed by atoms with Gasteiger partial charge in [-0.25, -0.2) is 12.4 Å². The van der Waals surface area contributed by atoms with Gasteiger partial charge in [-0.15, -0.1) is 0 Å². The van der Waals surface area contributed by atoms with Gasteiger partial charge in [-0.05, 0) is 30.2 Å². The standard InChI is InChI=1S/C17H18N2O6S/c20-19(21)15(12-17-24-9-4-10-25-17)11-14-7-8-18(13-14)26(22,23)16-5-2-1-3-6-16/h1-3,5-8,11,13,17H,4,9-10,12H2/b15-11+. The van der Waals surface area contributed by atoms with Gasteiger partial charge in [0.1, 0.15) is 0 Å². The molecule has 1 aliphatic rings. The highest BCUT2D eigenvalue weighted by molar-refractivity contribution is 7.90. The highest BCUT2D eigenvalue weighted by Gasteiger charge is 2.23. The van der Waals surface area contributed by atoms with E-state index in [2.05, 4.69) is 0 Å². The fourth-order valence-electron chi connectivity index (χ4n) is 2.55. The topological polar surface area (TPSA) is 101 Å². The molecule has 2 aromatic rings. The first-order valence-electron chi connectivity index (χ1n) is 8.03. The third-order valence-corrected chi connectivity index (χ3v) is 5.50. The predicted octanol–water partition coefficient (Wildman–Crippen LogP) is 2.50. The smallest absolute Gasteiger partial charge is 0.267 e. The maximum Gasteiger partial charge on any atom is 0.267 e. The molecule has 26 heavy (non-hydrogen) atoms. The summed E-state index contributed by atoms with van der Waals surface area (Å²) in [5.74, 6) is 0. The zero-order valence-electron chi connectivity index (χ0n) is 13.9. The quantitative estimate of drug-likeness (QED) is 0.565. The molecule has 0 aliphatic carbocycles. The number of benzene rings is 1. The summed E-state index contributed by atoms with van der Waals surface area (Å²) in [5.41, 5.74) is 0.304. The Morgan fingerprint density at radius 2 is 1.92 bits per heavy atom. The van der Waals surface area contributed by atoms with Gasteiger partial charge in [0.15, 0.2) is 6.29 Å². The van der Waals surface area contributed by atoms with Crippen molar-refractivity contribution in [3.8, 4) is 0 Å². The summed E-state index contributed by atoms with van der Waals surface area (Å²) < 4.78 is 36.8. The van der Waals surface area contributed by atoms with Crippen molar-refractivity contribution in [3.63, 3.8) is 0 Å². The van der Waals surface area contributed by atoms with Crippen LogP contribution in [0, 0.1) is 10.1 Å². The number of nitrogens with zero attached hydrogens (tertiary/aromatic N) is 2. The van der Waals surface area contributed by atoms with E-state index < -0.39 is 21.2 Å². The van der Waals surface area contributed by atoms with Crippen LogP contribution in [0.15, 0.2) is 59.4 Å². The van der Waals surface area contributed by atoms with E-state index in [-0.39, 0.29) is 17.0 Å². The van der Waals surface area contributed by atoms with Gasteiger partial charge in [-0.3, -0.25) is 10.1 Å². The Morgan fingerprint density at radius 3 is 2.58 bits per heavy atom. The van der Waals surface area contributed by atoms with Crippen molar-refractivity contribution in [2.24, 2.45) is 0 Å². The summed E-state index contributed by atoms with van der Waals surface area (Å²) >= 11 is 0. The SMILES string of the molecule is O=[N+]([O-])/C(=C/c1ccn(S(=O)(=O)c2ccccc2)c1)CC1OCCCO1. The first-order chi connectivity index (χ1) is 12.5. The normalized spacial score (nSPS) is 16.5. The zero-order valence-corrected chi connectivity index (χ0v) is 14.7. The Bertz CT molecular complexity index is 898. The van der Waals surface area contributed by atoms with Crippen LogP contribution in [0.4, 0.5) is 0 Å². The van der Waals surface area contributed by atoms with Crippen LogP contribution in [0.25, 0.3) is 6.08 Å². The molecule has 0 N–H and O–H groups in total. The maximum atomic E-state index is 12.6. The Kier molecular flexibility index (Phi) is 5.50. The molecule has 1 saturated heterocycles. The largest absolute Gasteiger partial charge is 0.352 e. The van der Waals surface area contributed by atoms with Crippen molar-refractivity contribution in [1.29, 1.82) is 0 Å². The summed E-state index contributed by atoms with van der Waals surface area (Å²) in [6, 6.07) is 9.47. The molecule has 1 aromatic carbocycles. The zero-order chi connectivity index (χ0) is 18.6. The number of ether oxygens (including phenoxy) is 2. The molecule has 0 amide bonds. The van der Waals surface area contributed by atoms with Crippen molar-refractivity contribution in [3.05, 3.63) is 70.2 Å². The van der Waals surface area contributed by atoms with E-state index in [0.29, 0.717) is 18.8 Å². The van der Waals surface area contributed by atoms with E-state index in [0.717, 1.165) is 10.4 Å². The minimum Gasteiger partial charge on any atom is -0.352 e. The van der Waals surface area contributed by atoms with E-state index in [4.69, 9.17) is 9.47 Å². The Hall–Kier alpha value is -2.49. The number of aromatic nitrogens is 1. The van der Waals surface area contributed by atoms with Crippen LogP contribution in [0.5, 0.6) is 0 Å². The van der Waals surface area contributed by atoms with Crippen LogP contribution >= 0.6 is 0 Å². The first kappa shape index (κ1) is 18.3. The van der Waals surface area contributed by atoms with Crippen LogP contribution in [0.3, 0.4) is 0 Å². The molecule has 0 radical (unpaired) electrons. The van der Waals surface area contributed by atoms with Crippen LogP contribution < -0.4 is 0 Å². The average molecular weight is 378 g/mol. The molecule has 1 aliphatic heterocycles. The van der Waals surface area contributed by atoms with Gasteiger partial charge in [0.25, 0.3) is 15.7 Å². The maximum absolute atomic E-state index is 12.6. The lowest BCUT2D eigenvalue weighted by molar-refractivity contribution is -0.430. The van der Waals surface area contributed by atoms with E-state index in [1.165, 1.54) is 36.7 Å². The Labute approximate surface area is 150 Å². The van der Waals surface area contributed by atoms with Crippen molar-refractivity contribution >= 4 is 16.1 Å². The molecular formula is C17H18N2O6S. The molecule has 0 spiro atoms. The number of nitro groups is 1. The monoisotopic (exact) mass is 378 g/mol. The molecule has 0 bridgehead atoms. The highest BCUT2D eigenvalue weighted by Crippen LogP contribution is 2.20. The van der Waals surface area contributed by atoms with Gasteiger partial charge in [0.05, 0.1) is 29.5 Å².